The van der Waals surface area contributed by atoms with Crippen molar-refractivity contribution in [2.45, 2.75) is 50.6 Å². The predicted molar refractivity (Wildman–Crippen MR) is 82.5 cm³/mol. The molecule has 1 aliphatic carbocycles. The average molecular weight is 313 g/mol. The topological polar surface area (TPSA) is 46.3 Å². The third-order valence-corrected chi connectivity index (χ3v) is 4.59. The molecule has 0 unspecified atom stereocenters. The molecule has 1 aromatic carbocycles. The van der Waals surface area contributed by atoms with Crippen molar-refractivity contribution in [2.75, 3.05) is 7.05 Å². The Hall–Kier alpha value is -1.13. The maximum Gasteiger partial charge on any atom is 0.224 e. The van der Waals surface area contributed by atoms with Crippen molar-refractivity contribution in [3.8, 4) is 0 Å². The molecule has 0 aromatic heterocycles. The molecule has 21 heavy (non-hydrogen) atoms. The summed E-state index contributed by atoms with van der Waals surface area (Å²) in [6, 6.07) is 4.54. The van der Waals surface area contributed by atoms with Crippen molar-refractivity contribution in [1.29, 1.82) is 0 Å². The number of halogens is 2. The highest BCUT2D eigenvalue weighted by atomic mass is 35.5. The Morgan fingerprint density at radius 2 is 2.05 bits per heavy atom. The van der Waals surface area contributed by atoms with E-state index in [1.165, 1.54) is 17.4 Å². The summed E-state index contributed by atoms with van der Waals surface area (Å²) in [6.45, 7) is 0.167. The van der Waals surface area contributed by atoms with E-state index in [-0.39, 0.29) is 18.3 Å². The molecule has 0 saturated heterocycles. The molecule has 0 bridgehead atoms. The monoisotopic (exact) mass is 312 g/mol. The summed E-state index contributed by atoms with van der Waals surface area (Å²) >= 11 is 5.99. The van der Waals surface area contributed by atoms with Crippen LogP contribution in [0, 0.1) is 5.82 Å². The third-order valence-electron chi connectivity index (χ3n) is 4.24. The van der Waals surface area contributed by atoms with E-state index in [4.69, 9.17) is 17.3 Å². The average Bonchev–Trinajstić information content (AvgIpc) is 2.43. The van der Waals surface area contributed by atoms with Crippen LogP contribution in [0.1, 0.15) is 44.1 Å². The van der Waals surface area contributed by atoms with Gasteiger partial charge in [0, 0.05) is 36.1 Å². The maximum atomic E-state index is 13.8. The predicted octanol–water partition coefficient (Wildman–Crippen LogP) is 3.49. The van der Waals surface area contributed by atoms with Gasteiger partial charge >= 0.3 is 0 Å². The highest BCUT2D eigenvalue weighted by Gasteiger charge is 2.31. The molecule has 1 saturated carbocycles. The Kier molecular flexibility index (Phi) is 5.22. The van der Waals surface area contributed by atoms with Crippen LogP contribution < -0.4 is 5.73 Å². The molecular formula is C16H22ClFN2O. The van der Waals surface area contributed by atoms with Crippen molar-refractivity contribution in [2.24, 2.45) is 5.73 Å². The van der Waals surface area contributed by atoms with Crippen LogP contribution >= 0.6 is 11.6 Å². The largest absolute Gasteiger partial charge is 0.341 e. The van der Waals surface area contributed by atoms with Crippen LogP contribution in [0.15, 0.2) is 18.2 Å². The molecule has 116 valence electrons. The van der Waals surface area contributed by atoms with Crippen LogP contribution in [0.4, 0.5) is 4.39 Å². The first-order valence-electron chi connectivity index (χ1n) is 7.37. The molecule has 2 N–H and O–H groups in total. The number of amides is 1. The minimum Gasteiger partial charge on any atom is -0.341 e. The lowest BCUT2D eigenvalue weighted by Gasteiger charge is -2.34. The molecule has 1 amide bonds. The van der Waals surface area contributed by atoms with Crippen molar-refractivity contribution in [1.82, 2.24) is 4.90 Å². The van der Waals surface area contributed by atoms with Gasteiger partial charge in [0.25, 0.3) is 0 Å². The van der Waals surface area contributed by atoms with E-state index in [1.54, 1.807) is 19.2 Å². The SMILES string of the molecule is CN(Cc1c(F)cccc1Cl)C(=O)CC1(N)CCCCC1. The smallest absolute Gasteiger partial charge is 0.224 e. The Balaban J connectivity index is 1.99. The number of rotatable bonds is 4. The molecule has 5 heteroatoms. The highest BCUT2D eigenvalue weighted by Crippen LogP contribution is 2.29. The zero-order valence-corrected chi connectivity index (χ0v) is 13.1. The van der Waals surface area contributed by atoms with Crippen LogP contribution in [0.5, 0.6) is 0 Å². The van der Waals surface area contributed by atoms with Crippen LogP contribution in [0.2, 0.25) is 5.02 Å². The van der Waals surface area contributed by atoms with Gasteiger partial charge in [-0.1, -0.05) is 36.9 Å². The second-order valence-corrected chi connectivity index (χ2v) is 6.46. The summed E-state index contributed by atoms with van der Waals surface area (Å²) in [5, 5.41) is 0.342. The number of nitrogens with two attached hydrogens (primary N) is 1. The zero-order chi connectivity index (χ0) is 15.5. The van der Waals surface area contributed by atoms with Gasteiger partial charge in [0.05, 0.1) is 0 Å². The van der Waals surface area contributed by atoms with E-state index >= 15 is 0 Å². The lowest BCUT2D eigenvalue weighted by molar-refractivity contribution is -0.132. The minimum absolute atomic E-state index is 0.0567. The molecule has 1 fully saturated rings. The number of benzene rings is 1. The zero-order valence-electron chi connectivity index (χ0n) is 12.4. The molecule has 1 aliphatic rings. The van der Waals surface area contributed by atoms with Gasteiger partial charge in [0.2, 0.25) is 5.91 Å². The number of nitrogens with zero attached hydrogens (tertiary/aromatic N) is 1. The van der Waals surface area contributed by atoms with Gasteiger partial charge in [-0.15, -0.1) is 0 Å². The van der Waals surface area contributed by atoms with Crippen molar-refractivity contribution < 1.29 is 9.18 Å². The summed E-state index contributed by atoms with van der Waals surface area (Å²) in [7, 11) is 1.66. The second-order valence-electron chi connectivity index (χ2n) is 6.05. The van der Waals surface area contributed by atoms with Crippen LogP contribution in [-0.4, -0.2) is 23.4 Å². The van der Waals surface area contributed by atoms with Crippen molar-refractivity contribution in [3.05, 3.63) is 34.6 Å². The van der Waals surface area contributed by atoms with Gasteiger partial charge in [-0.2, -0.15) is 0 Å². The van der Waals surface area contributed by atoms with Crippen molar-refractivity contribution in [3.63, 3.8) is 0 Å². The fourth-order valence-corrected chi connectivity index (χ4v) is 3.10. The molecule has 0 heterocycles. The third kappa shape index (κ3) is 4.17. The fraction of sp³-hybridized carbons (Fsp3) is 0.562. The van der Waals surface area contributed by atoms with E-state index in [1.807, 2.05) is 0 Å². The van der Waals surface area contributed by atoms with Gasteiger partial charge in [0.15, 0.2) is 0 Å². The van der Waals surface area contributed by atoms with E-state index in [0.29, 0.717) is 17.0 Å². The van der Waals surface area contributed by atoms with E-state index < -0.39 is 5.54 Å². The maximum absolute atomic E-state index is 13.8. The Morgan fingerprint density at radius 1 is 1.38 bits per heavy atom. The number of carbonyl (C=O) groups excluding carboxylic acids is 1. The fourth-order valence-electron chi connectivity index (χ4n) is 2.88. The van der Waals surface area contributed by atoms with E-state index in [0.717, 1.165) is 25.7 Å². The molecule has 3 nitrogen and oxygen atoms in total. The minimum atomic E-state index is -0.400. The summed E-state index contributed by atoms with van der Waals surface area (Å²) in [5.41, 5.74) is 6.25. The van der Waals surface area contributed by atoms with E-state index in [9.17, 15) is 9.18 Å². The molecule has 0 aliphatic heterocycles. The second kappa shape index (κ2) is 6.75. The normalized spacial score (nSPS) is 17.5. The van der Waals surface area contributed by atoms with Gasteiger partial charge in [0.1, 0.15) is 5.82 Å². The summed E-state index contributed by atoms with van der Waals surface area (Å²) in [5.74, 6) is -0.444. The van der Waals surface area contributed by atoms with Crippen LogP contribution in [-0.2, 0) is 11.3 Å². The van der Waals surface area contributed by atoms with Gasteiger partial charge < -0.3 is 10.6 Å². The van der Waals surface area contributed by atoms with Crippen molar-refractivity contribution >= 4 is 17.5 Å². The van der Waals surface area contributed by atoms with E-state index in [2.05, 4.69) is 0 Å². The van der Waals surface area contributed by atoms with Crippen LogP contribution in [0.25, 0.3) is 0 Å². The highest BCUT2D eigenvalue weighted by molar-refractivity contribution is 6.31. The number of hydrogen-bond acceptors (Lipinski definition) is 2. The first kappa shape index (κ1) is 16.2. The molecule has 0 atom stereocenters. The van der Waals surface area contributed by atoms with Gasteiger partial charge in [-0.05, 0) is 25.0 Å². The Labute approximate surface area is 130 Å². The first-order chi connectivity index (χ1) is 9.91. The Bertz CT molecular complexity index is 495. The lowest BCUT2D eigenvalue weighted by Crippen LogP contribution is -2.46. The summed E-state index contributed by atoms with van der Waals surface area (Å²) in [4.78, 5) is 13.8. The molecule has 1 aromatic rings. The molecule has 2 rings (SSSR count). The standard InChI is InChI=1S/C16H22ClFN2O/c1-20(11-12-13(17)6-5-7-14(12)18)15(21)10-16(19)8-3-2-4-9-16/h5-7H,2-4,8-11,19H2,1H3. The molecular weight excluding hydrogens is 291 g/mol. The summed E-state index contributed by atoms with van der Waals surface area (Å²) < 4.78 is 13.8. The van der Waals surface area contributed by atoms with Gasteiger partial charge in [-0.3, -0.25) is 4.79 Å². The molecule has 0 radical (unpaired) electrons. The quantitative estimate of drug-likeness (QED) is 0.925. The number of hydrogen-bond donors (Lipinski definition) is 1. The molecule has 0 spiro atoms. The first-order valence-corrected chi connectivity index (χ1v) is 7.75. The van der Waals surface area contributed by atoms with Crippen LogP contribution in [0.3, 0.4) is 0 Å². The lowest BCUT2D eigenvalue weighted by atomic mass is 9.80. The summed E-state index contributed by atoms with van der Waals surface area (Å²) in [6.07, 6.45) is 5.42. The van der Waals surface area contributed by atoms with Gasteiger partial charge in [-0.25, -0.2) is 4.39 Å². The number of carbonyl (C=O) groups is 1. The Morgan fingerprint density at radius 3 is 2.67 bits per heavy atom.